The summed E-state index contributed by atoms with van der Waals surface area (Å²) in [7, 11) is 1.33. The molecule has 1 aromatic carbocycles. The average molecular weight is 307 g/mol. The Balaban J connectivity index is 2.10. The fourth-order valence-corrected chi connectivity index (χ4v) is 2.56. The summed E-state index contributed by atoms with van der Waals surface area (Å²) in [5.74, 6) is -0.735. The normalized spacial score (nSPS) is 10.8. The van der Waals surface area contributed by atoms with Crippen molar-refractivity contribution in [3.05, 3.63) is 46.2 Å². The number of halogens is 1. The molecule has 1 aromatic heterocycles. The molecule has 0 atom stereocenters. The summed E-state index contributed by atoms with van der Waals surface area (Å²) in [6, 6.07) is 6.06. The molecule has 5 nitrogen and oxygen atoms in total. The predicted octanol–water partition coefficient (Wildman–Crippen LogP) is 3.08. The lowest BCUT2D eigenvalue weighted by Gasteiger charge is -1.95. The molecule has 0 unspecified atom stereocenters. The van der Waals surface area contributed by atoms with Crippen molar-refractivity contribution >= 4 is 28.7 Å². The highest BCUT2D eigenvalue weighted by molar-refractivity contribution is 7.17. The third-order valence-electron chi connectivity index (χ3n) is 2.63. The molecule has 21 heavy (non-hydrogen) atoms. The zero-order valence-corrected chi connectivity index (χ0v) is 12.4. The maximum Gasteiger partial charge on any atom is 0.350 e. The Hall–Kier alpha value is -2.28. The van der Waals surface area contributed by atoms with Crippen molar-refractivity contribution in [3.8, 4) is 0 Å². The van der Waals surface area contributed by atoms with Gasteiger partial charge < -0.3 is 4.74 Å². The summed E-state index contributed by atoms with van der Waals surface area (Å²) in [4.78, 5) is 16.3. The van der Waals surface area contributed by atoms with Crippen molar-refractivity contribution in [3.63, 3.8) is 0 Å². The maximum atomic E-state index is 13.0. The second kappa shape index (κ2) is 6.94. The number of nitrogens with zero attached hydrogens (tertiary/aromatic N) is 2. The van der Waals surface area contributed by atoms with Crippen LogP contribution in [0.3, 0.4) is 0 Å². The summed E-state index contributed by atoms with van der Waals surface area (Å²) < 4.78 is 17.7. The molecule has 7 heteroatoms. The van der Waals surface area contributed by atoms with Crippen LogP contribution in [0.15, 0.2) is 29.4 Å². The van der Waals surface area contributed by atoms with E-state index in [0.29, 0.717) is 27.7 Å². The van der Waals surface area contributed by atoms with E-state index in [1.807, 2.05) is 6.92 Å². The number of nitrogens with one attached hydrogen (secondary N) is 1. The number of aromatic nitrogens is 1. The van der Waals surface area contributed by atoms with Crippen molar-refractivity contribution in [2.75, 3.05) is 12.5 Å². The number of methoxy groups -OCH3 is 1. The van der Waals surface area contributed by atoms with E-state index in [2.05, 4.69) is 15.5 Å². The lowest BCUT2D eigenvalue weighted by molar-refractivity contribution is 0.0605. The molecule has 110 valence electrons. The molecule has 0 aliphatic rings. The van der Waals surface area contributed by atoms with Crippen molar-refractivity contribution < 1.29 is 13.9 Å². The Kier molecular flexibility index (Phi) is 4.99. The predicted molar refractivity (Wildman–Crippen MR) is 80.4 cm³/mol. The second-order valence-corrected chi connectivity index (χ2v) is 5.06. The Morgan fingerprint density at radius 2 is 2.38 bits per heavy atom. The molecular weight excluding hydrogens is 293 g/mol. The minimum Gasteiger partial charge on any atom is -0.465 e. The van der Waals surface area contributed by atoms with Crippen LogP contribution in [0.25, 0.3) is 0 Å². The van der Waals surface area contributed by atoms with Crippen LogP contribution in [0, 0.1) is 5.82 Å². The maximum absolute atomic E-state index is 13.0. The molecule has 0 aliphatic heterocycles. The van der Waals surface area contributed by atoms with E-state index < -0.39 is 5.97 Å². The number of rotatable bonds is 5. The fraction of sp³-hybridized carbons (Fsp3) is 0.214. The number of hydrogen-bond acceptors (Lipinski definition) is 6. The van der Waals surface area contributed by atoms with Gasteiger partial charge in [-0.25, -0.2) is 14.2 Å². The number of hydrogen-bond donors (Lipinski definition) is 1. The molecule has 1 N–H and O–H groups in total. The van der Waals surface area contributed by atoms with E-state index in [1.165, 1.54) is 36.8 Å². The Labute approximate surface area is 125 Å². The highest BCUT2D eigenvalue weighted by atomic mass is 32.1. The number of aryl methyl sites for hydroxylation is 1. The summed E-state index contributed by atoms with van der Waals surface area (Å²) >= 11 is 1.17. The molecule has 0 aliphatic carbocycles. The van der Waals surface area contributed by atoms with Gasteiger partial charge in [0.2, 0.25) is 5.13 Å². The number of ether oxygens (including phenoxy) is 1. The highest BCUT2D eigenvalue weighted by Crippen LogP contribution is 2.24. The van der Waals surface area contributed by atoms with Gasteiger partial charge in [0.25, 0.3) is 0 Å². The van der Waals surface area contributed by atoms with E-state index in [-0.39, 0.29) is 5.82 Å². The molecule has 0 bridgehead atoms. The van der Waals surface area contributed by atoms with Gasteiger partial charge >= 0.3 is 5.97 Å². The van der Waals surface area contributed by atoms with Crippen LogP contribution in [0.1, 0.15) is 27.9 Å². The number of carbonyl (C=O) groups is 1. The van der Waals surface area contributed by atoms with Crippen molar-refractivity contribution in [2.45, 2.75) is 13.3 Å². The molecule has 2 rings (SSSR count). The molecule has 0 radical (unpaired) electrons. The standard InChI is InChI=1S/C14H14FN3O2S/c1-3-11-12(13(19)20-2)21-14(17-11)18-16-8-9-5-4-6-10(15)7-9/h4-8H,3H2,1-2H3,(H,17,18)/b16-8-. The van der Waals surface area contributed by atoms with Gasteiger partial charge in [0.05, 0.1) is 19.0 Å². The van der Waals surface area contributed by atoms with Crippen molar-refractivity contribution in [1.29, 1.82) is 0 Å². The van der Waals surface area contributed by atoms with E-state index in [0.717, 1.165) is 0 Å². The van der Waals surface area contributed by atoms with E-state index in [4.69, 9.17) is 4.74 Å². The summed E-state index contributed by atoms with van der Waals surface area (Å²) in [5, 5.41) is 4.47. The molecule has 0 saturated heterocycles. The lowest BCUT2D eigenvalue weighted by atomic mass is 10.2. The smallest absolute Gasteiger partial charge is 0.350 e. The van der Waals surface area contributed by atoms with Crippen molar-refractivity contribution in [2.24, 2.45) is 5.10 Å². The molecule has 2 aromatic rings. The highest BCUT2D eigenvalue weighted by Gasteiger charge is 2.17. The molecule has 0 amide bonds. The third kappa shape index (κ3) is 3.85. The van der Waals surface area contributed by atoms with Gasteiger partial charge in [0, 0.05) is 0 Å². The Bertz CT molecular complexity index is 670. The Morgan fingerprint density at radius 3 is 3.05 bits per heavy atom. The Morgan fingerprint density at radius 1 is 1.57 bits per heavy atom. The topological polar surface area (TPSA) is 63.6 Å². The number of hydrazone groups is 1. The van der Waals surface area contributed by atoms with Gasteiger partial charge in [-0.15, -0.1) is 0 Å². The van der Waals surface area contributed by atoms with Crippen LogP contribution in [0.5, 0.6) is 0 Å². The minimum atomic E-state index is -0.411. The molecule has 1 heterocycles. The molecule has 0 spiro atoms. The number of carbonyl (C=O) groups excluding carboxylic acids is 1. The first-order valence-electron chi connectivity index (χ1n) is 6.26. The van der Waals surface area contributed by atoms with Crippen LogP contribution in [0.4, 0.5) is 9.52 Å². The monoisotopic (exact) mass is 307 g/mol. The number of benzene rings is 1. The first-order valence-corrected chi connectivity index (χ1v) is 7.08. The van der Waals surface area contributed by atoms with E-state index in [9.17, 15) is 9.18 Å². The van der Waals surface area contributed by atoms with Crippen molar-refractivity contribution in [1.82, 2.24) is 4.98 Å². The van der Waals surface area contributed by atoms with Gasteiger partial charge in [0.15, 0.2) is 0 Å². The lowest BCUT2D eigenvalue weighted by Crippen LogP contribution is -2.01. The van der Waals surface area contributed by atoms with Crippen LogP contribution in [-0.4, -0.2) is 24.3 Å². The number of anilines is 1. The summed E-state index contributed by atoms with van der Waals surface area (Å²) in [6.45, 7) is 1.90. The summed E-state index contributed by atoms with van der Waals surface area (Å²) in [5.41, 5.74) is 4.02. The quantitative estimate of drug-likeness (QED) is 0.524. The van der Waals surface area contributed by atoms with E-state index >= 15 is 0 Å². The zero-order valence-electron chi connectivity index (χ0n) is 11.6. The summed E-state index contributed by atoms with van der Waals surface area (Å²) in [6.07, 6.45) is 2.10. The van der Waals surface area contributed by atoms with Gasteiger partial charge in [-0.1, -0.05) is 30.4 Å². The van der Waals surface area contributed by atoms with Gasteiger partial charge in [-0.3, -0.25) is 5.43 Å². The SMILES string of the molecule is CCc1nc(N/N=C\c2cccc(F)c2)sc1C(=O)OC. The van der Waals surface area contributed by atoms with Gasteiger partial charge in [-0.05, 0) is 24.1 Å². The van der Waals surface area contributed by atoms with Crippen LogP contribution in [-0.2, 0) is 11.2 Å². The fourth-order valence-electron chi connectivity index (χ4n) is 1.64. The first-order chi connectivity index (χ1) is 10.1. The number of esters is 1. The molecule has 0 fully saturated rings. The largest absolute Gasteiger partial charge is 0.465 e. The number of thiazole rings is 1. The average Bonchev–Trinajstić information content (AvgIpc) is 2.90. The zero-order chi connectivity index (χ0) is 15.2. The molecular formula is C14H14FN3O2S. The van der Waals surface area contributed by atoms with Crippen LogP contribution < -0.4 is 5.43 Å². The van der Waals surface area contributed by atoms with Crippen LogP contribution >= 0.6 is 11.3 Å². The van der Waals surface area contributed by atoms with Gasteiger partial charge in [-0.2, -0.15) is 5.10 Å². The minimum absolute atomic E-state index is 0.325. The second-order valence-electron chi connectivity index (χ2n) is 4.06. The molecule has 0 saturated carbocycles. The van der Waals surface area contributed by atoms with E-state index in [1.54, 1.807) is 12.1 Å². The first kappa shape index (κ1) is 15.1. The van der Waals surface area contributed by atoms with Gasteiger partial charge in [0.1, 0.15) is 10.7 Å². The third-order valence-corrected chi connectivity index (χ3v) is 3.61. The van der Waals surface area contributed by atoms with Crippen LogP contribution in [0.2, 0.25) is 0 Å².